The molecule has 10 heteroatoms. The Labute approximate surface area is 180 Å². The van der Waals surface area contributed by atoms with Crippen molar-refractivity contribution in [3.8, 4) is 5.75 Å². The van der Waals surface area contributed by atoms with E-state index in [0.29, 0.717) is 11.3 Å². The molecule has 0 aliphatic rings. The number of nitrogens with one attached hydrogen (secondary N) is 1. The van der Waals surface area contributed by atoms with Gasteiger partial charge in [-0.1, -0.05) is 13.8 Å². The normalized spacial score (nSPS) is 12.1. The topological polar surface area (TPSA) is 125 Å². The zero-order valence-electron chi connectivity index (χ0n) is 17.4. The number of nitrogens with zero attached hydrogens (tertiary/aromatic N) is 1. The lowest BCUT2D eigenvalue weighted by atomic mass is 9.87. The molecule has 0 aromatic heterocycles. The van der Waals surface area contributed by atoms with Gasteiger partial charge < -0.3 is 29.9 Å². The third kappa shape index (κ3) is 7.81. The molecule has 1 aromatic rings. The third-order valence-corrected chi connectivity index (χ3v) is 4.68. The van der Waals surface area contributed by atoms with Crippen LogP contribution in [0.5, 0.6) is 5.75 Å². The predicted octanol–water partition coefficient (Wildman–Crippen LogP) is 0.415. The molecule has 0 spiro atoms. The fourth-order valence-electron chi connectivity index (χ4n) is 2.38. The van der Waals surface area contributed by atoms with E-state index in [4.69, 9.17) is 16.3 Å². The Morgan fingerprint density at radius 1 is 1.20 bits per heavy atom. The van der Waals surface area contributed by atoms with Crippen LogP contribution >= 0.6 is 11.6 Å². The Bertz CT molecular complexity index is 710. The Morgan fingerprint density at radius 3 is 2.37 bits per heavy atom. The summed E-state index contributed by atoms with van der Waals surface area (Å²) in [6.45, 7) is 3.46. The van der Waals surface area contributed by atoms with Gasteiger partial charge in [-0.15, -0.1) is 11.6 Å². The average molecular weight is 445 g/mol. The van der Waals surface area contributed by atoms with Gasteiger partial charge in [0.05, 0.1) is 25.8 Å². The van der Waals surface area contributed by atoms with Crippen LogP contribution in [-0.4, -0.2) is 84.8 Å². The van der Waals surface area contributed by atoms with E-state index in [0.717, 1.165) is 0 Å². The molecule has 0 bridgehead atoms. The van der Waals surface area contributed by atoms with E-state index in [1.165, 1.54) is 12.0 Å². The van der Waals surface area contributed by atoms with Crippen LogP contribution in [0.3, 0.4) is 0 Å². The fraction of sp³-hybridized carbons (Fsp3) is 0.550. The summed E-state index contributed by atoms with van der Waals surface area (Å²) in [4.78, 5) is 36.9. The zero-order chi connectivity index (χ0) is 22.7. The molecule has 9 nitrogen and oxygen atoms in total. The molecule has 1 aromatic carbocycles. The van der Waals surface area contributed by atoms with E-state index in [-0.39, 0.29) is 44.6 Å². The molecular formula is C20H29ClN2O7. The molecule has 0 heterocycles. The number of carbonyl (C=O) groups is 3. The number of alkyl halides is 1. The van der Waals surface area contributed by atoms with Crippen LogP contribution in [0.1, 0.15) is 24.2 Å². The van der Waals surface area contributed by atoms with Crippen molar-refractivity contribution >= 4 is 29.4 Å². The monoisotopic (exact) mass is 444 g/mol. The number of esters is 1. The number of halogens is 1. The molecule has 0 saturated carbocycles. The Kier molecular flexibility index (Phi) is 10.6. The van der Waals surface area contributed by atoms with E-state index >= 15 is 0 Å². The first kappa shape index (κ1) is 25.7. The number of benzene rings is 1. The molecule has 168 valence electrons. The molecule has 0 saturated heterocycles. The molecule has 0 unspecified atom stereocenters. The molecule has 3 N–H and O–H groups in total. The minimum Gasteiger partial charge on any atom is -0.492 e. The van der Waals surface area contributed by atoms with Gasteiger partial charge in [0, 0.05) is 18.5 Å². The van der Waals surface area contributed by atoms with E-state index < -0.39 is 23.4 Å². The average Bonchev–Trinajstić information content (AvgIpc) is 2.76. The number of hydrogen-bond donors (Lipinski definition) is 3. The molecule has 0 fully saturated rings. The molecular weight excluding hydrogens is 416 g/mol. The number of hydrogen-bond acceptors (Lipinski definition) is 7. The molecule has 2 amide bonds. The van der Waals surface area contributed by atoms with Gasteiger partial charge in [-0.3, -0.25) is 9.59 Å². The summed E-state index contributed by atoms with van der Waals surface area (Å²) in [7, 11) is 1.30. The molecule has 0 radical (unpaired) electrons. The minimum absolute atomic E-state index is 0.105. The maximum absolute atomic E-state index is 12.0. The zero-order valence-corrected chi connectivity index (χ0v) is 18.1. The number of methoxy groups -OCH3 is 1. The van der Waals surface area contributed by atoms with E-state index in [9.17, 15) is 24.6 Å². The van der Waals surface area contributed by atoms with Crippen molar-refractivity contribution in [3.63, 3.8) is 0 Å². The van der Waals surface area contributed by atoms with Crippen LogP contribution in [0, 0.1) is 5.41 Å². The molecule has 1 atom stereocenters. The maximum Gasteiger partial charge on any atom is 0.337 e. The summed E-state index contributed by atoms with van der Waals surface area (Å²) in [5.41, 5.74) is -0.585. The Morgan fingerprint density at radius 2 is 1.83 bits per heavy atom. The summed E-state index contributed by atoms with van der Waals surface area (Å²) >= 11 is 5.64. The third-order valence-electron chi connectivity index (χ3n) is 4.45. The number of aliphatic hydroxyl groups excluding tert-OH is 2. The summed E-state index contributed by atoms with van der Waals surface area (Å²) in [5.74, 6) is -1.11. The summed E-state index contributed by atoms with van der Waals surface area (Å²) in [6, 6.07) is 6.37. The highest BCUT2D eigenvalue weighted by Gasteiger charge is 2.32. The van der Waals surface area contributed by atoms with Crippen LogP contribution in [0.15, 0.2) is 24.3 Å². The molecule has 1 rings (SSSR count). The van der Waals surface area contributed by atoms with Crippen molar-refractivity contribution in [2.24, 2.45) is 5.41 Å². The summed E-state index contributed by atoms with van der Waals surface area (Å²) in [5, 5.41) is 21.8. The Hall–Kier alpha value is -2.36. The van der Waals surface area contributed by atoms with E-state index in [1.54, 1.807) is 38.1 Å². The first-order chi connectivity index (χ1) is 14.2. The van der Waals surface area contributed by atoms with Crippen molar-refractivity contribution in [3.05, 3.63) is 29.8 Å². The highest BCUT2D eigenvalue weighted by molar-refractivity contribution is 6.27. The number of ether oxygens (including phenoxy) is 2. The molecule has 0 aliphatic carbocycles. The van der Waals surface area contributed by atoms with Gasteiger partial charge in [0.15, 0.2) is 0 Å². The van der Waals surface area contributed by atoms with Gasteiger partial charge >= 0.3 is 5.97 Å². The smallest absolute Gasteiger partial charge is 0.337 e. The second kappa shape index (κ2) is 12.4. The number of rotatable bonds is 12. The SMILES string of the molecule is COC(=O)c1ccc(OCCN(CCNC(=O)[C@H](O)C(C)(C)CO)C(=O)CCl)cc1. The summed E-state index contributed by atoms with van der Waals surface area (Å²) in [6.07, 6.45) is -1.38. The first-order valence-electron chi connectivity index (χ1n) is 9.37. The van der Waals surface area contributed by atoms with E-state index in [1.807, 2.05) is 0 Å². The minimum atomic E-state index is -1.38. The van der Waals surface area contributed by atoms with Gasteiger partial charge in [-0.25, -0.2) is 4.79 Å². The summed E-state index contributed by atoms with van der Waals surface area (Å²) < 4.78 is 10.2. The second-order valence-corrected chi connectivity index (χ2v) is 7.49. The van der Waals surface area contributed by atoms with Gasteiger partial charge in [-0.05, 0) is 24.3 Å². The van der Waals surface area contributed by atoms with Crippen LogP contribution in [-0.2, 0) is 14.3 Å². The molecule has 30 heavy (non-hydrogen) atoms. The van der Waals surface area contributed by atoms with Crippen molar-refractivity contribution in [2.45, 2.75) is 20.0 Å². The Balaban J connectivity index is 2.52. The predicted molar refractivity (Wildman–Crippen MR) is 110 cm³/mol. The number of amides is 2. The maximum atomic E-state index is 12.0. The highest BCUT2D eigenvalue weighted by Crippen LogP contribution is 2.19. The van der Waals surface area contributed by atoms with Gasteiger partial charge in [-0.2, -0.15) is 0 Å². The van der Waals surface area contributed by atoms with Crippen LogP contribution in [0.2, 0.25) is 0 Å². The quantitative estimate of drug-likeness (QED) is 0.315. The lowest BCUT2D eigenvalue weighted by molar-refractivity contribution is -0.137. The second-order valence-electron chi connectivity index (χ2n) is 7.22. The van der Waals surface area contributed by atoms with Crippen LogP contribution in [0.25, 0.3) is 0 Å². The first-order valence-corrected chi connectivity index (χ1v) is 9.91. The standard InChI is InChI=1S/C20H29ClN2O7/c1-20(2,13-24)17(26)18(27)22-8-9-23(16(25)12-21)10-11-30-15-6-4-14(5-7-15)19(28)29-3/h4-7,17,24,26H,8-13H2,1-3H3,(H,22,27)/t17-/m0/s1. The molecule has 0 aliphatic heterocycles. The number of carbonyl (C=O) groups excluding carboxylic acids is 3. The van der Waals surface area contributed by atoms with Crippen molar-refractivity contribution in [1.82, 2.24) is 10.2 Å². The van der Waals surface area contributed by atoms with Crippen molar-refractivity contribution < 1.29 is 34.1 Å². The van der Waals surface area contributed by atoms with Gasteiger partial charge in [0.2, 0.25) is 11.8 Å². The van der Waals surface area contributed by atoms with Crippen molar-refractivity contribution in [1.29, 1.82) is 0 Å². The largest absolute Gasteiger partial charge is 0.492 e. The van der Waals surface area contributed by atoms with Crippen molar-refractivity contribution in [2.75, 3.05) is 45.8 Å². The lowest BCUT2D eigenvalue weighted by Crippen LogP contribution is -2.48. The van der Waals surface area contributed by atoms with Crippen LogP contribution in [0.4, 0.5) is 0 Å². The fourth-order valence-corrected chi connectivity index (χ4v) is 2.55. The van der Waals surface area contributed by atoms with Gasteiger partial charge in [0.1, 0.15) is 24.3 Å². The lowest BCUT2D eigenvalue weighted by Gasteiger charge is -2.28. The van der Waals surface area contributed by atoms with E-state index in [2.05, 4.69) is 10.1 Å². The highest BCUT2D eigenvalue weighted by atomic mass is 35.5. The number of aliphatic hydroxyl groups is 2. The van der Waals surface area contributed by atoms with Crippen LogP contribution < -0.4 is 10.1 Å². The van der Waals surface area contributed by atoms with Gasteiger partial charge in [0.25, 0.3) is 0 Å².